The van der Waals surface area contributed by atoms with Gasteiger partial charge in [0.1, 0.15) is 5.60 Å². The van der Waals surface area contributed by atoms with Crippen LogP contribution >= 0.6 is 0 Å². The molecule has 1 heterocycles. The second kappa shape index (κ2) is 7.32. The molecule has 1 saturated carbocycles. The smallest absolute Gasteiger partial charge is 0.410 e. The van der Waals surface area contributed by atoms with Gasteiger partial charge in [-0.25, -0.2) is 13.6 Å². The highest BCUT2D eigenvalue weighted by Crippen LogP contribution is 2.33. The summed E-state index contributed by atoms with van der Waals surface area (Å²) in [6.07, 6.45) is 4.99. The minimum atomic E-state index is -2.87. The van der Waals surface area contributed by atoms with Crippen LogP contribution < -0.4 is 0 Å². The van der Waals surface area contributed by atoms with Crippen LogP contribution in [0, 0.1) is 5.92 Å². The Morgan fingerprint density at radius 1 is 1.17 bits per heavy atom. The van der Waals surface area contributed by atoms with E-state index in [1.807, 2.05) is 0 Å². The molecule has 23 heavy (non-hydrogen) atoms. The van der Waals surface area contributed by atoms with Crippen molar-refractivity contribution in [2.45, 2.75) is 76.9 Å². The molecule has 2 aliphatic rings. The van der Waals surface area contributed by atoms with E-state index >= 15 is 0 Å². The predicted molar refractivity (Wildman–Crippen MR) is 83.7 cm³/mol. The van der Waals surface area contributed by atoms with E-state index in [-0.39, 0.29) is 13.0 Å². The summed E-state index contributed by atoms with van der Waals surface area (Å²) in [6.45, 7) is 5.37. The second-order valence-corrected chi connectivity index (χ2v) is 7.86. The highest BCUT2D eigenvalue weighted by atomic mass is 19.3. The Kier molecular flexibility index (Phi) is 5.87. The van der Waals surface area contributed by atoms with E-state index in [0.717, 1.165) is 17.7 Å². The largest absolute Gasteiger partial charge is 0.444 e. The topological polar surface area (TPSA) is 38.8 Å². The number of carbonyl (C=O) groups excluding carboxylic acids is 1. The summed E-state index contributed by atoms with van der Waals surface area (Å²) < 4.78 is 38.3. The molecule has 4 nitrogen and oxygen atoms in total. The van der Waals surface area contributed by atoms with Crippen molar-refractivity contribution in [1.82, 2.24) is 4.90 Å². The fourth-order valence-corrected chi connectivity index (χ4v) is 3.31. The Bertz CT molecular complexity index is 403. The molecule has 6 heteroatoms. The number of amides is 1. The van der Waals surface area contributed by atoms with Crippen LogP contribution in [0.3, 0.4) is 0 Å². The summed E-state index contributed by atoms with van der Waals surface area (Å²) in [5.74, 6) is -2.34. The van der Waals surface area contributed by atoms with Gasteiger partial charge in [0.25, 0.3) is 5.92 Å². The van der Waals surface area contributed by atoms with Gasteiger partial charge in [0.2, 0.25) is 0 Å². The lowest BCUT2D eigenvalue weighted by molar-refractivity contribution is -0.00439. The third kappa shape index (κ3) is 5.90. The SMILES string of the molecule is CC(C)(C)OC(=O)N1CC(F)(F)C[C@H]1COCC1CCCCC1. The molecule has 134 valence electrons. The van der Waals surface area contributed by atoms with Gasteiger partial charge in [-0.05, 0) is 39.5 Å². The van der Waals surface area contributed by atoms with Crippen molar-refractivity contribution >= 4 is 6.09 Å². The van der Waals surface area contributed by atoms with Crippen LogP contribution in [0.1, 0.15) is 59.3 Å². The van der Waals surface area contributed by atoms with Crippen LogP contribution in [-0.2, 0) is 9.47 Å². The van der Waals surface area contributed by atoms with E-state index in [2.05, 4.69) is 0 Å². The van der Waals surface area contributed by atoms with E-state index < -0.39 is 30.2 Å². The third-order valence-electron chi connectivity index (χ3n) is 4.39. The predicted octanol–water partition coefficient (Wildman–Crippen LogP) is 4.23. The summed E-state index contributed by atoms with van der Waals surface area (Å²) >= 11 is 0. The molecule has 1 amide bonds. The lowest BCUT2D eigenvalue weighted by atomic mass is 9.90. The summed E-state index contributed by atoms with van der Waals surface area (Å²) in [6, 6.07) is -0.608. The zero-order chi connectivity index (χ0) is 17.1. The van der Waals surface area contributed by atoms with Crippen LogP contribution in [0.2, 0.25) is 0 Å². The number of halogens is 2. The monoisotopic (exact) mass is 333 g/mol. The zero-order valence-electron chi connectivity index (χ0n) is 14.4. The van der Waals surface area contributed by atoms with Gasteiger partial charge in [0, 0.05) is 13.0 Å². The van der Waals surface area contributed by atoms with Gasteiger partial charge in [-0.15, -0.1) is 0 Å². The highest BCUT2D eigenvalue weighted by molar-refractivity contribution is 5.69. The minimum absolute atomic E-state index is 0.158. The van der Waals surface area contributed by atoms with Crippen LogP contribution in [-0.4, -0.2) is 48.3 Å². The Morgan fingerprint density at radius 2 is 1.83 bits per heavy atom. The first-order valence-electron chi connectivity index (χ1n) is 8.61. The van der Waals surface area contributed by atoms with E-state index in [1.54, 1.807) is 20.8 Å². The number of likely N-dealkylation sites (tertiary alicyclic amines) is 1. The average molecular weight is 333 g/mol. The van der Waals surface area contributed by atoms with E-state index in [4.69, 9.17) is 9.47 Å². The summed E-state index contributed by atoms with van der Waals surface area (Å²) in [5, 5.41) is 0. The van der Waals surface area contributed by atoms with Gasteiger partial charge < -0.3 is 9.47 Å². The quantitative estimate of drug-likeness (QED) is 0.773. The molecule has 1 atom stereocenters. The number of ether oxygens (including phenoxy) is 2. The normalized spacial score (nSPS) is 25.6. The van der Waals surface area contributed by atoms with Crippen molar-refractivity contribution in [3.8, 4) is 0 Å². The lowest BCUT2D eigenvalue weighted by Crippen LogP contribution is -2.42. The average Bonchev–Trinajstić information content (AvgIpc) is 2.73. The number of hydrogen-bond acceptors (Lipinski definition) is 3. The first-order chi connectivity index (χ1) is 10.7. The van der Waals surface area contributed by atoms with Crippen molar-refractivity contribution in [2.24, 2.45) is 5.92 Å². The maximum atomic E-state index is 13.7. The van der Waals surface area contributed by atoms with Crippen molar-refractivity contribution in [1.29, 1.82) is 0 Å². The number of carbonyl (C=O) groups is 1. The van der Waals surface area contributed by atoms with Crippen LogP contribution in [0.4, 0.5) is 13.6 Å². The minimum Gasteiger partial charge on any atom is -0.444 e. The van der Waals surface area contributed by atoms with Gasteiger partial charge in [0.05, 0.1) is 19.2 Å². The molecule has 0 aromatic carbocycles. The van der Waals surface area contributed by atoms with Crippen molar-refractivity contribution in [3.63, 3.8) is 0 Å². The lowest BCUT2D eigenvalue weighted by Gasteiger charge is -2.28. The third-order valence-corrected chi connectivity index (χ3v) is 4.39. The van der Waals surface area contributed by atoms with Crippen molar-refractivity contribution in [2.75, 3.05) is 19.8 Å². The highest BCUT2D eigenvalue weighted by Gasteiger charge is 2.48. The van der Waals surface area contributed by atoms with Gasteiger partial charge >= 0.3 is 6.09 Å². The zero-order valence-corrected chi connectivity index (χ0v) is 14.4. The van der Waals surface area contributed by atoms with Crippen LogP contribution in [0.5, 0.6) is 0 Å². The summed E-state index contributed by atoms with van der Waals surface area (Å²) in [4.78, 5) is 13.3. The van der Waals surface area contributed by atoms with Crippen molar-refractivity contribution in [3.05, 3.63) is 0 Å². The van der Waals surface area contributed by atoms with Crippen LogP contribution in [0.15, 0.2) is 0 Å². The molecule has 0 aromatic rings. The molecule has 0 radical (unpaired) electrons. The fourth-order valence-electron chi connectivity index (χ4n) is 3.31. The van der Waals surface area contributed by atoms with Crippen LogP contribution in [0.25, 0.3) is 0 Å². The standard InChI is InChI=1S/C17H29F2NO3/c1-16(2,3)23-15(21)20-12-17(18,19)9-14(20)11-22-10-13-7-5-4-6-8-13/h13-14H,4-12H2,1-3H3/t14-/m0/s1. The van der Waals surface area contributed by atoms with Crippen molar-refractivity contribution < 1.29 is 23.0 Å². The van der Waals surface area contributed by atoms with E-state index in [1.165, 1.54) is 19.3 Å². The first kappa shape index (κ1) is 18.4. The molecule has 1 aliphatic heterocycles. The van der Waals surface area contributed by atoms with Gasteiger partial charge in [0.15, 0.2) is 0 Å². The molecule has 0 unspecified atom stereocenters. The Balaban J connectivity index is 1.85. The number of rotatable bonds is 4. The molecular weight excluding hydrogens is 304 g/mol. The molecule has 0 spiro atoms. The van der Waals surface area contributed by atoms with Gasteiger partial charge in [-0.1, -0.05) is 19.3 Å². The molecular formula is C17H29F2NO3. The maximum absolute atomic E-state index is 13.7. The molecule has 1 saturated heterocycles. The molecule has 2 fully saturated rings. The Hall–Kier alpha value is -0.910. The Morgan fingerprint density at radius 3 is 2.43 bits per heavy atom. The first-order valence-corrected chi connectivity index (χ1v) is 8.61. The molecule has 1 aliphatic carbocycles. The fraction of sp³-hybridized carbons (Fsp3) is 0.941. The maximum Gasteiger partial charge on any atom is 0.410 e. The second-order valence-electron chi connectivity index (χ2n) is 7.86. The molecule has 2 rings (SSSR count). The summed E-state index contributed by atoms with van der Waals surface area (Å²) in [5.41, 5.74) is -0.692. The summed E-state index contributed by atoms with van der Waals surface area (Å²) in [7, 11) is 0. The Labute approximate surface area is 137 Å². The molecule has 0 bridgehead atoms. The van der Waals surface area contributed by atoms with E-state index in [9.17, 15) is 13.6 Å². The van der Waals surface area contributed by atoms with Gasteiger partial charge in [-0.2, -0.15) is 0 Å². The molecule has 0 aromatic heterocycles. The number of nitrogens with zero attached hydrogens (tertiary/aromatic N) is 1. The number of alkyl halides is 2. The van der Waals surface area contributed by atoms with E-state index in [0.29, 0.717) is 12.5 Å². The molecule has 0 N–H and O–H groups in total. The number of hydrogen-bond donors (Lipinski definition) is 0. The van der Waals surface area contributed by atoms with Gasteiger partial charge in [-0.3, -0.25) is 4.90 Å².